The van der Waals surface area contributed by atoms with Gasteiger partial charge in [-0.3, -0.25) is 4.79 Å². The number of rotatable bonds is 4. The van der Waals surface area contributed by atoms with Gasteiger partial charge in [0.05, 0.1) is 5.69 Å². The van der Waals surface area contributed by atoms with E-state index in [1.165, 1.54) is 24.7 Å². The van der Waals surface area contributed by atoms with Crippen LogP contribution in [0.5, 0.6) is 0 Å². The zero-order chi connectivity index (χ0) is 16.1. The lowest BCUT2D eigenvalue weighted by atomic mass is 9.76. The van der Waals surface area contributed by atoms with Gasteiger partial charge >= 0.3 is 5.97 Å². The first-order chi connectivity index (χ1) is 10.5. The van der Waals surface area contributed by atoms with Crippen molar-refractivity contribution >= 4 is 28.3 Å². The van der Waals surface area contributed by atoms with Gasteiger partial charge in [-0.05, 0) is 18.8 Å². The number of carbonyl (C=O) groups excluding carboxylic acids is 1. The number of carboxylic acids is 1. The molecular formula is C16H22N2O3S. The quantitative estimate of drug-likeness (QED) is 0.826. The SMILES string of the molecule is C=C(C(=O)O)C1CCCCCCC1c1csc(NC(C)=O)n1. The molecule has 1 aromatic heterocycles. The molecule has 0 radical (unpaired) electrons. The van der Waals surface area contributed by atoms with E-state index in [4.69, 9.17) is 0 Å². The van der Waals surface area contributed by atoms with Gasteiger partial charge in [-0.1, -0.05) is 32.3 Å². The van der Waals surface area contributed by atoms with E-state index >= 15 is 0 Å². The van der Waals surface area contributed by atoms with Crippen LogP contribution in [0.15, 0.2) is 17.5 Å². The summed E-state index contributed by atoms with van der Waals surface area (Å²) >= 11 is 1.39. The van der Waals surface area contributed by atoms with Crippen LogP contribution in [0.3, 0.4) is 0 Å². The average molecular weight is 322 g/mol. The molecule has 22 heavy (non-hydrogen) atoms. The van der Waals surface area contributed by atoms with Crippen LogP contribution in [0.1, 0.15) is 57.1 Å². The van der Waals surface area contributed by atoms with E-state index in [2.05, 4.69) is 16.9 Å². The Balaban J connectivity index is 2.24. The van der Waals surface area contributed by atoms with Gasteiger partial charge in [-0.15, -0.1) is 11.3 Å². The fraction of sp³-hybridized carbons (Fsp3) is 0.562. The van der Waals surface area contributed by atoms with Gasteiger partial charge < -0.3 is 10.4 Å². The molecule has 0 spiro atoms. The van der Waals surface area contributed by atoms with Crippen LogP contribution in [0.25, 0.3) is 0 Å². The largest absolute Gasteiger partial charge is 0.478 e. The summed E-state index contributed by atoms with van der Waals surface area (Å²) in [5, 5.41) is 14.5. The Morgan fingerprint density at radius 1 is 1.32 bits per heavy atom. The van der Waals surface area contributed by atoms with E-state index in [-0.39, 0.29) is 23.3 Å². The lowest BCUT2D eigenvalue weighted by molar-refractivity contribution is -0.133. The number of aliphatic carboxylic acids is 1. The Hall–Kier alpha value is -1.69. The molecule has 2 atom stereocenters. The number of hydrogen-bond acceptors (Lipinski definition) is 4. The number of carbonyl (C=O) groups is 2. The minimum Gasteiger partial charge on any atom is -0.478 e. The Bertz CT molecular complexity index is 567. The van der Waals surface area contributed by atoms with Gasteiger partial charge in [0.1, 0.15) is 0 Å². The van der Waals surface area contributed by atoms with E-state index in [0.29, 0.717) is 5.13 Å². The molecule has 1 saturated carbocycles. The zero-order valence-electron chi connectivity index (χ0n) is 12.8. The summed E-state index contributed by atoms with van der Waals surface area (Å²) in [4.78, 5) is 27.0. The maximum absolute atomic E-state index is 11.3. The number of nitrogens with zero attached hydrogens (tertiary/aromatic N) is 1. The van der Waals surface area contributed by atoms with E-state index < -0.39 is 5.97 Å². The molecule has 0 saturated heterocycles. The van der Waals surface area contributed by atoms with Crippen molar-refractivity contribution in [2.24, 2.45) is 5.92 Å². The van der Waals surface area contributed by atoms with Gasteiger partial charge in [0.25, 0.3) is 0 Å². The first-order valence-electron chi connectivity index (χ1n) is 7.64. The lowest BCUT2D eigenvalue weighted by Gasteiger charge is -2.28. The summed E-state index contributed by atoms with van der Waals surface area (Å²) in [6.45, 7) is 5.24. The standard InChI is InChI=1S/C16H22N2O3S/c1-10(15(20)21)12-7-5-3-4-6-8-13(12)14-9-22-16(18-14)17-11(2)19/h9,12-13H,1,3-8H2,2H3,(H,20,21)(H,17,18,19). The Labute approximate surface area is 134 Å². The fourth-order valence-corrected chi connectivity index (χ4v) is 3.90. The topological polar surface area (TPSA) is 79.3 Å². The third kappa shape index (κ3) is 4.16. The Morgan fingerprint density at radius 2 is 2.00 bits per heavy atom. The van der Waals surface area contributed by atoms with Crippen molar-refractivity contribution < 1.29 is 14.7 Å². The first kappa shape index (κ1) is 16.7. The van der Waals surface area contributed by atoms with Crippen molar-refractivity contribution in [1.29, 1.82) is 0 Å². The number of amides is 1. The molecule has 6 heteroatoms. The summed E-state index contributed by atoms with van der Waals surface area (Å²) < 4.78 is 0. The number of carboxylic acid groups (broad SMARTS) is 1. The van der Waals surface area contributed by atoms with Crippen LogP contribution in [-0.4, -0.2) is 22.0 Å². The normalized spacial score (nSPS) is 22.4. The highest BCUT2D eigenvalue weighted by Crippen LogP contribution is 2.40. The second-order valence-corrected chi connectivity index (χ2v) is 6.65. The summed E-state index contributed by atoms with van der Waals surface area (Å²) in [5.41, 5.74) is 1.16. The minimum absolute atomic E-state index is 0.0719. The van der Waals surface area contributed by atoms with Crippen molar-refractivity contribution in [2.45, 2.75) is 51.4 Å². The van der Waals surface area contributed by atoms with Crippen molar-refractivity contribution in [2.75, 3.05) is 5.32 Å². The second-order valence-electron chi connectivity index (χ2n) is 5.79. The summed E-state index contributed by atoms with van der Waals surface area (Å²) in [7, 11) is 0. The van der Waals surface area contributed by atoms with Crippen LogP contribution in [0.2, 0.25) is 0 Å². The van der Waals surface area contributed by atoms with Gasteiger partial charge in [0.2, 0.25) is 5.91 Å². The molecule has 1 aliphatic carbocycles. The molecule has 2 unspecified atom stereocenters. The number of nitrogens with one attached hydrogen (secondary N) is 1. The molecule has 2 N–H and O–H groups in total. The summed E-state index contributed by atoms with van der Waals surface area (Å²) in [6, 6.07) is 0. The predicted molar refractivity (Wildman–Crippen MR) is 87.1 cm³/mol. The summed E-state index contributed by atoms with van der Waals surface area (Å²) in [5.74, 6) is -1.08. The van der Waals surface area contributed by atoms with Crippen molar-refractivity contribution in [3.8, 4) is 0 Å². The molecule has 0 aliphatic heterocycles. The fourth-order valence-electron chi connectivity index (χ4n) is 3.08. The number of thiazole rings is 1. The van der Waals surface area contributed by atoms with Crippen molar-refractivity contribution in [1.82, 2.24) is 4.98 Å². The smallest absolute Gasteiger partial charge is 0.331 e. The van der Waals surface area contributed by atoms with Crippen LogP contribution < -0.4 is 5.32 Å². The van der Waals surface area contributed by atoms with Crippen LogP contribution in [-0.2, 0) is 9.59 Å². The summed E-state index contributed by atoms with van der Waals surface area (Å²) in [6.07, 6.45) is 6.16. The highest BCUT2D eigenvalue weighted by atomic mass is 32.1. The number of anilines is 1. The zero-order valence-corrected chi connectivity index (χ0v) is 13.6. The highest BCUT2D eigenvalue weighted by molar-refractivity contribution is 7.13. The van der Waals surface area contributed by atoms with Gasteiger partial charge in [-0.25, -0.2) is 9.78 Å². The predicted octanol–water partition coefficient (Wildman–Crippen LogP) is 3.80. The van der Waals surface area contributed by atoms with Crippen molar-refractivity contribution in [3.05, 3.63) is 23.2 Å². The van der Waals surface area contributed by atoms with E-state index in [1.54, 1.807) is 0 Å². The van der Waals surface area contributed by atoms with Gasteiger partial charge in [-0.2, -0.15) is 0 Å². The average Bonchev–Trinajstić information content (AvgIpc) is 2.85. The molecule has 5 nitrogen and oxygen atoms in total. The molecule has 2 rings (SSSR count). The monoisotopic (exact) mass is 322 g/mol. The van der Waals surface area contributed by atoms with Crippen LogP contribution in [0.4, 0.5) is 5.13 Å². The molecule has 1 heterocycles. The lowest BCUT2D eigenvalue weighted by Crippen LogP contribution is -2.21. The van der Waals surface area contributed by atoms with E-state index in [9.17, 15) is 14.7 Å². The van der Waals surface area contributed by atoms with E-state index in [1.807, 2.05) is 5.38 Å². The Kier molecular flexibility index (Phi) is 5.71. The molecule has 120 valence electrons. The third-order valence-electron chi connectivity index (χ3n) is 4.17. The first-order valence-corrected chi connectivity index (χ1v) is 8.52. The maximum Gasteiger partial charge on any atom is 0.331 e. The van der Waals surface area contributed by atoms with Crippen LogP contribution in [0, 0.1) is 5.92 Å². The van der Waals surface area contributed by atoms with E-state index in [0.717, 1.165) is 37.8 Å². The molecule has 1 fully saturated rings. The molecule has 0 bridgehead atoms. The molecular weight excluding hydrogens is 300 g/mol. The van der Waals surface area contributed by atoms with Crippen LogP contribution >= 0.6 is 11.3 Å². The third-order valence-corrected chi connectivity index (χ3v) is 4.95. The van der Waals surface area contributed by atoms with Gasteiger partial charge in [0, 0.05) is 23.8 Å². The minimum atomic E-state index is -0.923. The maximum atomic E-state index is 11.3. The number of aromatic nitrogens is 1. The molecule has 1 aromatic rings. The number of hydrogen-bond donors (Lipinski definition) is 2. The highest BCUT2D eigenvalue weighted by Gasteiger charge is 2.31. The Morgan fingerprint density at radius 3 is 2.64 bits per heavy atom. The second kappa shape index (κ2) is 7.54. The molecule has 0 aromatic carbocycles. The van der Waals surface area contributed by atoms with Crippen molar-refractivity contribution in [3.63, 3.8) is 0 Å². The molecule has 1 amide bonds. The van der Waals surface area contributed by atoms with Gasteiger partial charge in [0.15, 0.2) is 5.13 Å². The molecule has 1 aliphatic rings.